The average molecular weight is 453 g/mol. The molecule has 0 aliphatic carbocycles. The molecule has 0 saturated carbocycles. The average Bonchev–Trinajstić information content (AvgIpc) is 3.06. The number of hydrogen-bond donors (Lipinski definition) is 1. The first-order valence-corrected chi connectivity index (χ1v) is 10.1. The summed E-state index contributed by atoms with van der Waals surface area (Å²) in [7, 11) is 0. The van der Waals surface area contributed by atoms with Gasteiger partial charge in [-0.25, -0.2) is 9.37 Å². The van der Waals surface area contributed by atoms with Crippen LogP contribution in [0.3, 0.4) is 0 Å². The SMILES string of the molecule is Cc1ccc(CCC(=O)O)cc1OCc1sc(-c2ccc(C(F)(F)F)c(F)c2)nc1C. The van der Waals surface area contributed by atoms with Crippen LogP contribution in [0.2, 0.25) is 0 Å². The lowest BCUT2D eigenvalue weighted by molar-refractivity contribution is -0.140. The summed E-state index contributed by atoms with van der Waals surface area (Å²) in [6.45, 7) is 3.79. The van der Waals surface area contributed by atoms with Crippen molar-refractivity contribution in [1.29, 1.82) is 0 Å². The number of carboxylic acid groups (broad SMARTS) is 1. The summed E-state index contributed by atoms with van der Waals surface area (Å²) in [6.07, 6.45) is -4.35. The predicted molar refractivity (Wildman–Crippen MR) is 109 cm³/mol. The molecule has 0 bridgehead atoms. The number of carbonyl (C=O) groups is 1. The highest BCUT2D eigenvalue weighted by Crippen LogP contribution is 2.35. The van der Waals surface area contributed by atoms with E-state index in [1.807, 2.05) is 19.1 Å². The van der Waals surface area contributed by atoms with Crippen molar-refractivity contribution in [2.75, 3.05) is 0 Å². The number of alkyl halides is 3. The molecular weight excluding hydrogens is 434 g/mol. The fourth-order valence-corrected chi connectivity index (χ4v) is 3.89. The third-order valence-electron chi connectivity index (χ3n) is 4.65. The Morgan fingerprint density at radius 3 is 2.55 bits per heavy atom. The predicted octanol–water partition coefficient (Wildman–Crippen LogP) is 6.18. The van der Waals surface area contributed by atoms with Crippen LogP contribution in [0, 0.1) is 19.7 Å². The van der Waals surface area contributed by atoms with Crippen LogP contribution >= 0.6 is 11.3 Å². The molecule has 0 amide bonds. The zero-order valence-electron chi connectivity index (χ0n) is 16.7. The monoisotopic (exact) mass is 453 g/mol. The van der Waals surface area contributed by atoms with E-state index in [0.717, 1.165) is 22.1 Å². The quantitative estimate of drug-likeness (QED) is 0.434. The number of benzene rings is 2. The molecule has 2 aromatic carbocycles. The van der Waals surface area contributed by atoms with Crippen LogP contribution in [-0.2, 0) is 24.0 Å². The van der Waals surface area contributed by atoms with Crippen molar-refractivity contribution in [3.8, 4) is 16.3 Å². The maximum absolute atomic E-state index is 13.9. The molecular formula is C22H19F4NO3S. The molecule has 0 saturated heterocycles. The Labute approximate surface area is 180 Å². The number of aryl methyl sites for hydroxylation is 3. The van der Waals surface area contributed by atoms with E-state index < -0.39 is 23.5 Å². The molecule has 1 aromatic heterocycles. The molecule has 0 unspecified atom stereocenters. The minimum absolute atomic E-state index is 0.0174. The molecule has 0 aliphatic rings. The van der Waals surface area contributed by atoms with Gasteiger partial charge in [-0.1, -0.05) is 18.2 Å². The topological polar surface area (TPSA) is 59.4 Å². The van der Waals surface area contributed by atoms with E-state index in [2.05, 4.69) is 4.98 Å². The van der Waals surface area contributed by atoms with Crippen molar-refractivity contribution >= 4 is 17.3 Å². The molecule has 4 nitrogen and oxygen atoms in total. The van der Waals surface area contributed by atoms with Gasteiger partial charge in [-0.15, -0.1) is 11.3 Å². The third kappa shape index (κ3) is 5.61. The van der Waals surface area contributed by atoms with Gasteiger partial charge in [0.25, 0.3) is 0 Å². The van der Waals surface area contributed by atoms with E-state index in [0.29, 0.717) is 28.9 Å². The van der Waals surface area contributed by atoms with Crippen molar-refractivity contribution in [2.24, 2.45) is 0 Å². The number of ether oxygens (including phenoxy) is 1. The van der Waals surface area contributed by atoms with Gasteiger partial charge >= 0.3 is 12.1 Å². The second-order valence-electron chi connectivity index (χ2n) is 7.00. The number of aromatic nitrogens is 1. The first-order chi connectivity index (χ1) is 14.5. The van der Waals surface area contributed by atoms with Crippen LogP contribution in [0.15, 0.2) is 36.4 Å². The highest BCUT2D eigenvalue weighted by atomic mass is 32.1. The Morgan fingerprint density at radius 1 is 1.16 bits per heavy atom. The summed E-state index contributed by atoms with van der Waals surface area (Å²) < 4.78 is 58.1. The van der Waals surface area contributed by atoms with Crippen LogP contribution in [0.5, 0.6) is 5.75 Å². The normalized spacial score (nSPS) is 11.5. The van der Waals surface area contributed by atoms with E-state index in [9.17, 15) is 22.4 Å². The first kappa shape index (κ1) is 22.7. The van der Waals surface area contributed by atoms with E-state index in [4.69, 9.17) is 9.84 Å². The summed E-state index contributed by atoms with van der Waals surface area (Å²) in [5, 5.41) is 9.23. The van der Waals surface area contributed by atoms with Gasteiger partial charge in [-0.2, -0.15) is 13.2 Å². The van der Waals surface area contributed by atoms with E-state index in [1.165, 1.54) is 17.4 Å². The highest BCUT2D eigenvalue weighted by Gasteiger charge is 2.34. The molecule has 3 aromatic rings. The van der Waals surface area contributed by atoms with Gasteiger partial charge < -0.3 is 9.84 Å². The fourth-order valence-electron chi connectivity index (χ4n) is 2.91. The van der Waals surface area contributed by atoms with Crippen LogP contribution in [0.25, 0.3) is 10.6 Å². The lowest BCUT2D eigenvalue weighted by atomic mass is 10.1. The van der Waals surface area contributed by atoms with Crippen molar-refractivity contribution in [3.63, 3.8) is 0 Å². The maximum Gasteiger partial charge on any atom is 0.419 e. The second kappa shape index (κ2) is 9.05. The van der Waals surface area contributed by atoms with Crippen LogP contribution in [0.4, 0.5) is 17.6 Å². The number of halogens is 4. The molecule has 0 atom stereocenters. The summed E-state index contributed by atoms with van der Waals surface area (Å²) in [4.78, 5) is 15.9. The number of aliphatic carboxylic acids is 1. The standard InChI is InChI=1S/C22H19F4NO3S/c1-12-3-4-14(5-8-20(28)29)9-18(12)30-11-19-13(2)27-21(31-19)15-6-7-16(17(23)10-15)22(24,25)26/h3-4,6-7,9-10H,5,8,11H2,1-2H3,(H,28,29). The largest absolute Gasteiger partial charge is 0.488 e. The molecule has 0 radical (unpaired) electrons. The minimum atomic E-state index is -4.75. The van der Waals surface area contributed by atoms with Gasteiger partial charge in [0.1, 0.15) is 23.2 Å². The van der Waals surface area contributed by atoms with Crippen molar-refractivity contribution < 1.29 is 32.2 Å². The van der Waals surface area contributed by atoms with Gasteiger partial charge in [0, 0.05) is 12.0 Å². The zero-order chi connectivity index (χ0) is 22.8. The smallest absolute Gasteiger partial charge is 0.419 e. The summed E-state index contributed by atoms with van der Waals surface area (Å²) >= 11 is 1.22. The molecule has 31 heavy (non-hydrogen) atoms. The lowest BCUT2D eigenvalue weighted by Gasteiger charge is -2.10. The van der Waals surface area contributed by atoms with Gasteiger partial charge in [-0.3, -0.25) is 4.79 Å². The van der Waals surface area contributed by atoms with E-state index >= 15 is 0 Å². The molecule has 1 N–H and O–H groups in total. The fraction of sp³-hybridized carbons (Fsp3) is 0.273. The van der Waals surface area contributed by atoms with Crippen molar-refractivity contribution in [2.45, 2.75) is 39.5 Å². The molecule has 9 heteroatoms. The highest BCUT2D eigenvalue weighted by molar-refractivity contribution is 7.15. The van der Waals surface area contributed by atoms with Crippen molar-refractivity contribution in [1.82, 2.24) is 4.98 Å². The van der Waals surface area contributed by atoms with E-state index in [-0.39, 0.29) is 18.6 Å². The maximum atomic E-state index is 13.9. The zero-order valence-corrected chi connectivity index (χ0v) is 17.5. The molecule has 0 aliphatic heterocycles. The summed E-state index contributed by atoms with van der Waals surface area (Å²) in [5.41, 5.74) is 1.30. The Balaban J connectivity index is 1.76. The Hall–Kier alpha value is -2.94. The summed E-state index contributed by atoms with van der Waals surface area (Å²) in [5.74, 6) is -1.61. The van der Waals surface area contributed by atoms with Gasteiger partial charge in [0.15, 0.2) is 0 Å². The Morgan fingerprint density at radius 2 is 1.90 bits per heavy atom. The van der Waals surface area contributed by atoms with Gasteiger partial charge in [0.05, 0.1) is 16.1 Å². The van der Waals surface area contributed by atoms with E-state index in [1.54, 1.807) is 13.0 Å². The minimum Gasteiger partial charge on any atom is -0.488 e. The Bertz CT molecular complexity index is 1110. The lowest BCUT2D eigenvalue weighted by Crippen LogP contribution is -2.07. The number of thiazole rings is 1. The molecule has 0 fully saturated rings. The van der Waals surface area contributed by atoms with Crippen molar-refractivity contribution in [3.05, 3.63) is 69.5 Å². The molecule has 3 rings (SSSR count). The Kier molecular flexibility index (Phi) is 6.64. The third-order valence-corrected chi connectivity index (χ3v) is 5.83. The molecule has 0 spiro atoms. The van der Waals surface area contributed by atoms with Crippen LogP contribution < -0.4 is 4.74 Å². The first-order valence-electron chi connectivity index (χ1n) is 9.32. The summed E-state index contributed by atoms with van der Waals surface area (Å²) in [6, 6.07) is 8.24. The van der Waals surface area contributed by atoms with Crippen LogP contribution in [0.1, 0.15) is 33.7 Å². The molecule has 1 heterocycles. The number of hydrogen-bond acceptors (Lipinski definition) is 4. The number of rotatable bonds is 7. The second-order valence-corrected chi connectivity index (χ2v) is 8.09. The van der Waals surface area contributed by atoms with Gasteiger partial charge in [0.2, 0.25) is 0 Å². The number of carboxylic acids is 1. The number of nitrogens with zero attached hydrogens (tertiary/aromatic N) is 1. The van der Waals surface area contributed by atoms with Gasteiger partial charge in [-0.05, 0) is 49.6 Å². The van der Waals surface area contributed by atoms with Crippen LogP contribution in [-0.4, -0.2) is 16.1 Å². The molecule has 164 valence electrons.